The van der Waals surface area contributed by atoms with E-state index in [1.165, 1.54) is 20.8 Å². The molecular weight excluding hydrogens is 236 g/mol. The van der Waals surface area contributed by atoms with Gasteiger partial charge < -0.3 is 9.47 Å². The van der Waals surface area contributed by atoms with Gasteiger partial charge in [0.25, 0.3) is 0 Å². The van der Waals surface area contributed by atoms with Crippen molar-refractivity contribution in [2.75, 3.05) is 14.2 Å². The van der Waals surface area contributed by atoms with Gasteiger partial charge in [-0.3, -0.25) is 4.89 Å². The normalized spacial score (nSPS) is 10.3. The van der Waals surface area contributed by atoms with Crippen LogP contribution in [0.15, 0.2) is 18.2 Å². The zero-order chi connectivity index (χ0) is 13.5. The lowest BCUT2D eigenvalue weighted by atomic mass is 10.2. The highest BCUT2D eigenvalue weighted by Crippen LogP contribution is 2.25. The Morgan fingerprint density at radius 1 is 1.22 bits per heavy atom. The predicted octanol–water partition coefficient (Wildman–Crippen LogP) is 2.61. The molecule has 0 saturated heterocycles. The summed E-state index contributed by atoms with van der Waals surface area (Å²) in [5, 5.41) is 0. The molecule has 0 fully saturated rings. The second kappa shape index (κ2) is 6.86. The van der Waals surface area contributed by atoms with Gasteiger partial charge in [-0.2, -0.15) is 4.89 Å². The van der Waals surface area contributed by atoms with Gasteiger partial charge in [0.1, 0.15) is 23.7 Å². The summed E-state index contributed by atoms with van der Waals surface area (Å²) in [6, 6.07) is 4.80. The molecule has 5 heteroatoms. The number of carbonyl (C=O) groups is 1. The first-order valence-electron chi connectivity index (χ1n) is 5.51. The Morgan fingerprint density at radius 2 is 1.94 bits per heavy atom. The van der Waals surface area contributed by atoms with Crippen molar-refractivity contribution in [2.45, 2.75) is 13.8 Å². The molecule has 0 amide bonds. The highest BCUT2D eigenvalue weighted by atomic mass is 17.2. The van der Waals surface area contributed by atoms with Gasteiger partial charge in [0, 0.05) is 6.07 Å². The molecular formula is C13H17O5. The van der Waals surface area contributed by atoms with Crippen molar-refractivity contribution in [3.05, 3.63) is 30.4 Å². The third-order valence-corrected chi connectivity index (χ3v) is 2.08. The average molecular weight is 253 g/mol. The zero-order valence-electron chi connectivity index (χ0n) is 10.9. The third-order valence-electron chi connectivity index (χ3n) is 2.08. The number of ether oxygens (including phenoxy) is 2. The molecule has 0 saturated carbocycles. The Hall–Kier alpha value is -1.75. The molecule has 0 bridgehead atoms. The molecule has 1 aromatic rings. The molecule has 0 aliphatic heterocycles. The minimum absolute atomic E-state index is 0.163. The lowest BCUT2D eigenvalue weighted by Crippen LogP contribution is -2.08. The predicted molar refractivity (Wildman–Crippen MR) is 65.2 cm³/mol. The molecule has 0 atom stereocenters. The van der Waals surface area contributed by atoms with E-state index in [9.17, 15) is 4.79 Å². The molecule has 1 rings (SSSR count). The monoisotopic (exact) mass is 253 g/mol. The highest BCUT2D eigenvalue weighted by Gasteiger charge is 2.16. The summed E-state index contributed by atoms with van der Waals surface area (Å²) in [5.41, 5.74) is 0.274. The van der Waals surface area contributed by atoms with Crippen LogP contribution in [0.25, 0.3) is 0 Å². The van der Waals surface area contributed by atoms with E-state index in [1.54, 1.807) is 18.2 Å². The van der Waals surface area contributed by atoms with Gasteiger partial charge >= 0.3 is 5.97 Å². The van der Waals surface area contributed by atoms with Gasteiger partial charge in [-0.05, 0) is 18.1 Å². The minimum atomic E-state index is -0.619. The summed E-state index contributed by atoms with van der Waals surface area (Å²) >= 11 is 0. The van der Waals surface area contributed by atoms with Crippen molar-refractivity contribution in [2.24, 2.45) is 5.92 Å². The summed E-state index contributed by atoms with van der Waals surface area (Å²) < 4.78 is 10.1. The van der Waals surface area contributed by atoms with Crippen LogP contribution in [0, 0.1) is 12.5 Å². The van der Waals surface area contributed by atoms with Gasteiger partial charge in [0.05, 0.1) is 14.2 Å². The molecule has 0 aliphatic carbocycles. The standard InChI is InChI=1S/C13H17O5/c1-9(2)8-17-18-13(14)11-6-5-10(15-3)7-12(11)16-4/h5-9H,1-4H3. The Bertz CT molecular complexity index is 400. The summed E-state index contributed by atoms with van der Waals surface area (Å²) in [7, 11) is 3.00. The molecule has 99 valence electrons. The fourth-order valence-electron chi connectivity index (χ4n) is 1.19. The number of carbonyl (C=O) groups excluding carboxylic acids is 1. The topological polar surface area (TPSA) is 54.0 Å². The van der Waals surface area contributed by atoms with E-state index >= 15 is 0 Å². The maximum absolute atomic E-state index is 11.7. The zero-order valence-corrected chi connectivity index (χ0v) is 10.9. The molecule has 1 radical (unpaired) electrons. The summed E-state index contributed by atoms with van der Waals surface area (Å²) in [6.07, 6.45) is 0. The van der Waals surface area contributed by atoms with Crippen LogP contribution in [-0.2, 0) is 9.78 Å². The van der Waals surface area contributed by atoms with E-state index in [0.29, 0.717) is 11.5 Å². The number of methoxy groups -OCH3 is 2. The molecule has 1 aromatic carbocycles. The average Bonchev–Trinajstić information content (AvgIpc) is 2.37. The smallest absolute Gasteiger partial charge is 0.376 e. The van der Waals surface area contributed by atoms with Crippen LogP contribution in [0.2, 0.25) is 0 Å². The lowest BCUT2D eigenvalue weighted by molar-refractivity contribution is -0.217. The second-order valence-corrected chi connectivity index (χ2v) is 3.91. The Labute approximate surface area is 107 Å². The van der Waals surface area contributed by atoms with Gasteiger partial charge in [-0.15, -0.1) is 0 Å². The summed E-state index contributed by atoms with van der Waals surface area (Å²) in [6.45, 7) is 5.23. The number of hydrogen-bond acceptors (Lipinski definition) is 5. The first-order valence-corrected chi connectivity index (χ1v) is 5.51. The van der Waals surface area contributed by atoms with Crippen molar-refractivity contribution >= 4 is 5.97 Å². The highest BCUT2D eigenvalue weighted by molar-refractivity contribution is 5.92. The van der Waals surface area contributed by atoms with Crippen molar-refractivity contribution < 1.29 is 24.0 Å². The number of rotatable bonds is 6. The third kappa shape index (κ3) is 3.92. The maximum atomic E-state index is 11.7. The SMILES string of the molecule is COc1ccc(C(=O)OO[CH]C(C)C)c(OC)c1. The van der Waals surface area contributed by atoms with Gasteiger partial charge in [-0.25, -0.2) is 4.79 Å². The molecule has 5 nitrogen and oxygen atoms in total. The van der Waals surface area contributed by atoms with E-state index in [4.69, 9.17) is 14.4 Å². The quantitative estimate of drug-likeness (QED) is 0.576. The fourth-order valence-corrected chi connectivity index (χ4v) is 1.19. The minimum Gasteiger partial charge on any atom is -0.497 e. The maximum Gasteiger partial charge on any atom is 0.376 e. The fraction of sp³-hybridized carbons (Fsp3) is 0.385. The lowest BCUT2D eigenvalue weighted by Gasteiger charge is -2.09. The van der Waals surface area contributed by atoms with Crippen molar-refractivity contribution in [3.8, 4) is 11.5 Å². The first-order chi connectivity index (χ1) is 8.58. The van der Waals surface area contributed by atoms with Crippen molar-refractivity contribution in [1.29, 1.82) is 0 Å². The van der Waals surface area contributed by atoms with Gasteiger partial charge in [0.15, 0.2) is 0 Å². The molecule has 0 N–H and O–H groups in total. The van der Waals surface area contributed by atoms with Crippen LogP contribution in [-0.4, -0.2) is 20.2 Å². The van der Waals surface area contributed by atoms with Crippen molar-refractivity contribution in [1.82, 2.24) is 0 Å². The molecule has 0 aliphatic rings. The van der Waals surface area contributed by atoms with E-state index in [-0.39, 0.29) is 11.5 Å². The summed E-state index contributed by atoms with van der Waals surface area (Å²) in [4.78, 5) is 21.1. The van der Waals surface area contributed by atoms with E-state index in [2.05, 4.69) is 4.89 Å². The van der Waals surface area contributed by atoms with E-state index < -0.39 is 5.97 Å². The largest absolute Gasteiger partial charge is 0.497 e. The van der Waals surface area contributed by atoms with Gasteiger partial charge in [0.2, 0.25) is 0 Å². The number of hydrogen-bond donors (Lipinski definition) is 0. The Morgan fingerprint density at radius 3 is 2.50 bits per heavy atom. The van der Waals surface area contributed by atoms with E-state index in [1.807, 2.05) is 13.8 Å². The van der Waals surface area contributed by atoms with E-state index in [0.717, 1.165) is 0 Å². The second-order valence-electron chi connectivity index (χ2n) is 3.91. The molecule has 0 spiro atoms. The molecule has 18 heavy (non-hydrogen) atoms. The Balaban J connectivity index is 2.72. The first kappa shape index (κ1) is 14.3. The van der Waals surface area contributed by atoms with Crippen LogP contribution >= 0.6 is 0 Å². The molecule has 0 heterocycles. The van der Waals surface area contributed by atoms with Crippen LogP contribution in [0.4, 0.5) is 0 Å². The number of benzene rings is 1. The molecule has 0 unspecified atom stereocenters. The van der Waals surface area contributed by atoms with Gasteiger partial charge in [-0.1, -0.05) is 13.8 Å². The van der Waals surface area contributed by atoms with Crippen LogP contribution in [0.1, 0.15) is 24.2 Å². The van der Waals surface area contributed by atoms with Crippen LogP contribution < -0.4 is 9.47 Å². The molecule has 0 aromatic heterocycles. The van der Waals surface area contributed by atoms with Crippen LogP contribution in [0.5, 0.6) is 11.5 Å². The van der Waals surface area contributed by atoms with Crippen molar-refractivity contribution in [3.63, 3.8) is 0 Å². The summed E-state index contributed by atoms with van der Waals surface area (Å²) in [5.74, 6) is 0.507. The van der Waals surface area contributed by atoms with Crippen LogP contribution in [0.3, 0.4) is 0 Å². The Kier molecular flexibility index (Phi) is 5.45.